The van der Waals surface area contributed by atoms with Crippen LogP contribution in [0.2, 0.25) is 0 Å². The Balaban J connectivity index is 2.72. The highest BCUT2D eigenvalue weighted by Gasteiger charge is 2.08. The summed E-state index contributed by atoms with van der Waals surface area (Å²) in [6, 6.07) is 10.9. The number of pyridine rings is 1. The van der Waals surface area contributed by atoms with E-state index in [1.807, 2.05) is 36.4 Å². The van der Waals surface area contributed by atoms with Gasteiger partial charge < -0.3 is 5.73 Å². The maximum Gasteiger partial charge on any atom is 0.120 e. The fourth-order valence-corrected chi connectivity index (χ4v) is 1.45. The summed E-state index contributed by atoms with van der Waals surface area (Å²) in [5, 5.41) is 9.75. The van der Waals surface area contributed by atoms with Gasteiger partial charge in [-0.05, 0) is 6.07 Å². The number of para-hydroxylation sites is 1. The molecule has 1 heterocycles. The Morgan fingerprint density at radius 3 is 2.86 bits per heavy atom. The number of nitriles is 1. The first-order valence-electron chi connectivity index (χ1n) is 4.32. The third kappa shape index (κ3) is 1.32. The van der Waals surface area contributed by atoms with Crippen molar-refractivity contribution in [3.05, 3.63) is 42.1 Å². The summed E-state index contributed by atoms with van der Waals surface area (Å²) < 4.78 is 0. The molecule has 2 rings (SSSR count). The molecule has 0 saturated carbocycles. The molecule has 0 amide bonds. The second kappa shape index (κ2) is 3.44. The van der Waals surface area contributed by atoms with Crippen LogP contribution in [-0.4, -0.2) is 4.98 Å². The number of hydrogen-bond acceptors (Lipinski definition) is 3. The van der Waals surface area contributed by atoms with E-state index in [0.717, 1.165) is 16.5 Å². The van der Waals surface area contributed by atoms with Crippen LogP contribution >= 0.6 is 0 Å². The molecule has 0 spiro atoms. The van der Waals surface area contributed by atoms with Gasteiger partial charge in [-0.3, -0.25) is 4.98 Å². The SMILES string of the molecule is N#CC(N)c1cccc2cccnc12. The van der Waals surface area contributed by atoms with Crippen LogP contribution < -0.4 is 5.73 Å². The Hall–Kier alpha value is -1.92. The molecule has 0 aliphatic heterocycles. The lowest BCUT2D eigenvalue weighted by Crippen LogP contribution is -2.08. The van der Waals surface area contributed by atoms with Crippen LogP contribution in [-0.2, 0) is 0 Å². The van der Waals surface area contributed by atoms with E-state index in [4.69, 9.17) is 11.0 Å². The van der Waals surface area contributed by atoms with E-state index >= 15 is 0 Å². The standard InChI is InChI=1S/C11H9N3/c12-7-10(13)9-5-1-3-8-4-2-6-14-11(8)9/h1-6,10H,13H2. The zero-order valence-corrected chi connectivity index (χ0v) is 7.51. The molecule has 0 aliphatic rings. The topological polar surface area (TPSA) is 62.7 Å². The molecule has 0 aliphatic carbocycles. The first kappa shape index (κ1) is 8.67. The van der Waals surface area contributed by atoms with Crippen molar-refractivity contribution in [2.24, 2.45) is 5.73 Å². The van der Waals surface area contributed by atoms with E-state index in [9.17, 15) is 0 Å². The van der Waals surface area contributed by atoms with Crippen molar-refractivity contribution in [3.8, 4) is 6.07 Å². The quantitative estimate of drug-likeness (QED) is 0.732. The van der Waals surface area contributed by atoms with E-state index in [2.05, 4.69) is 4.98 Å². The summed E-state index contributed by atoms with van der Waals surface area (Å²) in [5.41, 5.74) is 7.25. The Bertz CT molecular complexity index is 494. The number of aromatic nitrogens is 1. The fourth-order valence-electron chi connectivity index (χ4n) is 1.45. The van der Waals surface area contributed by atoms with E-state index in [1.54, 1.807) is 6.20 Å². The number of nitrogens with zero attached hydrogens (tertiary/aromatic N) is 2. The second-order valence-electron chi connectivity index (χ2n) is 3.03. The van der Waals surface area contributed by atoms with Gasteiger partial charge in [0, 0.05) is 17.1 Å². The summed E-state index contributed by atoms with van der Waals surface area (Å²) in [5.74, 6) is 0. The molecule has 2 aromatic rings. The molecule has 1 aromatic carbocycles. The summed E-state index contributed by atoms with van der Waals surface area (Å²) >= 11 is 0. The number of hydrogen-bond donors (Lipinski definition) is 1. The largest absolute Gasteiger partial charge is 0.312 e. The summed E-state index contributed by atoms with van der Waals surface area (Å²) in [4.78, 5) is 4.22. The maximum atomic E-state index is 8.74. The van der Waals surface area contributed by atoms with Crippen molar-refractivity contribution in [1.29, 1.82) is 5.26 Å². The van der Waals surface area contributed by atoms with Crippen LogP contribution in [0.25, 0.3) is 10.9 Å². The zero-order chi connectivity index (χ0) is 9.97. The van der Waals surface area contributed by atoms with Crippen LogP contribution in [0.1, 0.15) is 11.6 Å². The maximum absolute atomic E-state index is 8.74. The number of rotatable bonds is 1. The van der Waals surface area contributed by atoms with Crippen LogP contribution in [0.4, 0.5) is 0 Å². The van der Waals surface area contributed by atoms with Gasteiger partial charge in [0.05, 0.1) is 11.6 Å². The Labute approximate surface area is 81.8 Å². The van der Waals surface area contributed by atoms with Crippen molar-refractivity contribution in [2.75, 3.05) is 0 Å². The average Bonchev–Trinajstić information content (AvgIpc) is 2.27. The summed E-state index contributed by atoms with van der Waals surface area (Å²) in [6.07, 6.45) is 1.70. The molecular weight excluding hydrogens is 174 g/mol. The van der Waals surface area contributed by atoms with Crippen LogP contribution in [0.15, 0.2) is 36.5 Å². The van der Waals surface area contributed by atoms with Crippen LogP contribution in [0.3, 0.4) is 0 Å². The minimum absolute atomic E-state index is 0.603. The highest BCUT2D eigenvalue weighted by atomic mass is 14.7. The van der Waals surface area contributed by atoms with Gasteiger partial charge in [-0.25, -0.2) is 0 Å². The van der Waals surface area contributed by atoms with Gasteiger partial charge in [0.15, 0.2) is 0 Å². The number of benzene rings is 1. The molecule has 0 fully saturated rings. The van der Waals surface area contributed by atoms with Gasteiger partial charge in [0.2, 0.25) is 0 Å². The van der Waals surface area contributed by atoms with Gasteiger partial charge in [-0.2, -0.15) is 5.26 Å². The predicted octanol–water partition coefficient (Wildman–Crippen LogP) is 1.76. The average molecular weight is 183 g/mol. The monoisotopic (exact) mass is 183 g/mol. The van der Waals surface area contributed by atoms with Crippen molar-refractivity contribution in [3.63, 3.8) is 0 Å². The smallest absolute Gasteiger partial charge is 0.120 e. The van der Waals surface area contributed by atoms with Crippen molar-refractivity contribution >= 4 is 10.9 Å². The second-order valence-corrected chi connectivity index (χ2v) is 3.03. The lowest BCUT2D eigenvalue weighted by Gasteiger charge is -2.05. The normalized spacial score (nSPS) is 12.3. The zero-order valence-electron chi connectivity index (χ0n) is 7.51. The first-order chi connectivity index (χ1) is 6.83. The molecule has 1 atom stereocenters. The van der Waals surface area contributed by atoms with Crippen LogP contribution in [0, 0.1) is 11.3 Å². The molecule has 2 N–H and O–H groups in total. The van der Waals surface area contributed by atoms with Gasteiger partial charge in [-0.15, -0.1) is 0 Å². The Morgan fingerprint density at radius 2 is 2.07 bits per heavy atom. The summed E-state index contributed by atoms with van der Waals surface area (Å²) in [7, 11) is 0. The predicted molar refractivity (Wildman–Crippen MR) is 54.3 cm³/mol. The molecule has 0 radical (unpaired) electrons. The highest BCUT2D eigenvalue weighted by Crippen LogP contribution is 2.20. The van der Waals surface area contributed by atoms with Crippen LogP contribution in [0.5, 0.6) is 0 Å². The summed E-state index contributed by atoms with van der Waals surface area (Å²) in [6.45, 7) is 0. The van der Waals surface area contributed by atoms with Crippen molar-refractivity contribution in [2.45, 2.75) is 6.04 Å². The third-order valence-electron chi connectivity index (χ3n) is 2.14. The molecular formula is C11H9N3. The molecule has 1 aromatic heterocycles. The Morgan fingerprint density at radius 1 is 1.29 bits per heavy atom. The molecule has 14 heavy (non-hydrogen) atoms. The van der Waals surface area contributed by atoms with Gasteiger partial charge >= 0.3 is 0 Å². The van der Waals surface area contributed by atoms with Gasteiger partial charge in [0.1, 0.15) is 6.04 Å². The molecule has 3 heteroatoms. The minimum Gasteiger partial charge on any atom is -0.312 e. The van der Waals surface area contributed by atoms with Crippen molar-refractivity contribution < 1.29 is 0 Å². The van der Waals surface area contributed by atoms with Gasteiger partial charge in [-0.1, -0.05) is 24.3 Å². The highest BCUT2D eigenvalue weighted by molar-refractivity contribution is 5.82. The molecule has 0 saturated heterocycles. The van der Waals surface area contributed by atoms with Crippen molar-refractivity contribution in [1.82, 2.24) is 4.98 Å². The van der Waals surface area contributed by atoms with E-state index in [0.29, 0.717) is 0 Å². The van der Waals surface area contributed by atoms with E-state index in [1.165, 1.54) is 0 Å². The molecule has 3 nitrogen and oxygen atoms in total. The molecule has 0 bridgehead atoms. The van der Waals surface area contributed by atoms with E-state index < -0.39 is 6.04 Å². The number of nitrogens with two attached hydrogens (primary N) is 1. The fraction of sp³-hybridized carbons (Fsp3) is 0.0909. The molecule has 1 unspecified atom stereocenters. The lowest BCUT2D eigenvalue weighted by molar-refractivity contribution is 0.932. The molecule has 68 valence electrons. The first-order valence-corrected chi connectivity index (χ1v) is 4.32. The Kier molecular flexibility index (Phi) is 2.13. The lowest BCUT2D eigenvalue weighted by atomic mass is 10.0. The third-order valence-corrected chi connectivity index (χ3v) is 2.14. The van der Waals surface area contributed by atoms with E-state index in [-0.39, 0.29) is 0 Å². The van der Waals surface area contributed by atoms with Gasteiger partial charge in [0.25, 0.3) is 0 Å². The number of fused-ring (bicyclic) bond motifs is 1. The minimum atomic E-state index is -0.603.